The molecule has 1 aliphatic rings. The van der Waals surface area contributed by atoms with Crippen molar-refractivity contribution >= 4 is 6.03 Å². The van der Waals surface area contributed by atoms with Crippen molar-refractivity contribution in [1.82, 2.24) is 10.2 Å². The van der Waals surface area contributed by atoms with Gasteiger partial charge in [-0.25, -0.2) is 4.79 Å². The number of aliphatic hydroxyl groups excluding tert-OH is 1. The van der Waals surface area contributed by atoms with E-state index in [1.807, 2.05) is 11.8 Å². The fourth-order valence-electron chi connectivity index (χ4n) is 2.53. The van der Waals surface area contributed by atoms with Crippen LogP contribution in [0.3, 0.4) is 0 Å². The van der Waals surface area contributed by atoms with Gasteiger partial charge in [0.15, 0.2) is 0 Å². The number of likely N-dealkylation sites (tertiary alicyclic amines) is 1. The molecule has 1 aliphatic heterocycles. The summed E-state index contributed by atoms with van der Waals surface area (Å²) in [7, 11) is 0. The number of piperidine rings is 1. The second kappa shape index (κ2) is 6.75. The molecule has 20 heavy (non-hydrogen) atoms. The minimum atomic E-state index is -0.00513. The van der Waals surface area contributed by atoms with E-state index >= 15 is 0 Å². The van der Waals surface area contributed by atoms with Crippen molar-refractivity contribution in [2.24, 2.45) is 5.92 Å². The third kappa shape index (κ3) is 3.73. The van der Waals surface area contributed by atoms with E-state index < -0.39 is 0 Å². The number of aliphatic hydroxyl groups is 1. The largest absolute Gasteiger partial charge is 0.396 e. The lowest BCUT2D eigenvalue weighted by atomic mass is 9.98. The highest BCUT2D eigenvalue weighted by atomic mass is 16.3. The van der Waals surface area contributed by atoms with E-state index in [4.69, 9.17) is 5.11 Å². The molecule has 1 atom stereocenters. The molecule has 2 rings (SSSR count). The summed E-state index contributed by atoms with van der Waals surface area (Å²) in [5.41, 5.74) is 2.34. The first kappa shape index (κ1) is 14.9. The number of rotatable bonds is 3. The van der Waals surface area contributed by atoms with Crippen molar-refractivity contribution in [2.45, 2.75) is 32.7 Å². The Morgan fingerprint density at radius 2 is 1.95 bits per heavy atom. The number of nitrogens with zero attached hydrogens (tertiary/aromatic N) is 1. The maximum absolute atomic E-state index is 12.2. The predicted octanol–water partition coefficient (Wildman–Crippen LogP) is 2.47. The van der Waals surface area contributed by atoms with Crippen LogP contribution in [0.1, 0.15) is 36.9 Å². The lowest BCUT2D eigenvalue weighted by Crippen LogP contribution is -2.45. The Balaban J connectivity index is 1.86. The summed E-state index contributed by atoms with van der Waals surface area (Å²) in [6.07, 6.45) is 1.78. The van der Waals surface area contributed by atoms with Crippen LogP contribution in [0.5, 0.6) is 0 Å². The highest BCUT2D eigenvalue weighted by Crippen LogP contribution is 2.18. The first-order chi connectivity index (χ1) is 9.60. The zero-order valence-electron chi connectivity index (χ0n) is 12.3. The lowest BCUT2D eigenvalue weighted by molar-refractivity contribution is 0.136. The average Bonchev–Trinajstić information content (AvgIpc) is 2.48. The van der Waals surface area contributed by atoms with Gasteiger partial charge in [0.2, 0.25) is 0 Å². The molecule has 4 nitrogen and oxygen atoms in total. The van der Waals surface area contributed by atoms with E-state index in [1.54, 1.807) is 0 Å². The molecule has 110 valence electrons. The minimum absolute atomic E-state index is 0.00513. The summed E-state index contributed by atoms with van der Waals surface area (Å²) in [5, 5.41) is 12.2. The number of hydrogen-bond acceptors (Lipinski definition) is 2. The normalized spacial score (nSPS) is 17.9. The second-order valence-corrected chi connectivity index (χ2v) is 5.69. The second-order valence-electron chi connectivity index (χ2n) is 5.69. The zero-order valence-corrected chi connectivity index (χ0v) is 12.3. The van der Waals surface area contributed by atoms with Crippen molar-refractivity contribution < 1.29 is 9.90 Å². The highest BCUT2D eigenvalue weighted by Gasteiger charge is 2.23. The molecule has 1 aromatic rings. The minimum Gasteiger partial charge on any atom is -0.396 e. The molecular weight excluding hydrogens is 252 g/mol. The van der Waals surface area contributed by atoms with Gasteiger partial charge >= 0.3 is 6.03 Å². The number of urea groups is 1. The highest BCUT2D eigenvalue weighted by molar-refractivity contribution is 5.74. The number of carbonyl (C=O) groups is 1. The average molecular weight is 276 g/mol. The SMILES string of the molecule is Cc1ccc(C(C)NC(=O)N2CCC(CO)CC2)cc1. The third-order valence-corrected chi connectivity index (χ3v) is 4.08. The van der Waals surface area contributed by atoms with Crippen LogP contribution in [0.15, 0.2) is 24.3 Å². The maximum atomic E-state index is 12.2. The van der Waals surface area contributed by atoms with Gasteiger partial charge in [0.25, 0.3) is 0 Å². The van der Waals surface area contributed by atoms with Crippen LogP contribution < -0.4 is 5.32 Å². The van der Waals surface area contributed by atoms with Crippen LogP contribution in [0.4, 0.5) is 4.79 Å². The standard InChI is InChI=1S/C16H24N2O2/c1-12-3-5-15(6-4-12)13(2)17-16(20)18-9-7-14(11-19)8-10-18/h3-6,13-14,19H,7-11H2,1-2H3,(H,17,20). The fourth-order valence-corrected chi connectivity index (χ4v) is 2.53. The molecule has 4 heteroatoms. The van der Waals surface area contributed by atoms with E-state index in [0.29, 0.717) is 5.92 Å². The predicted molar refractivity (Wildman–Crippen MR) is 79.5 cm³/mol. The van der Waals surface area contributed by atoms with Gasteiger partial charge in [0, 0.05) is 19.7 Å². The van der Waals surface area contributed by atoms with Crippen molar-refractivity contribution in [3.05, 3.63) is 35.4 Å². The van der Waals surface area contributed by atoms with Crippen LogP contribution in [-0.2, 0) is 0 Å². The van der Waals surface area contributed by atoms with Crippen LogP contribution >= 0.6 is 0 Å². The van der Waals surface area contributed by atoms with Crippen molar-refractivity contribution in [2.75, 3.05) is 19.7 Å². The van der Waals surface area contributed by atoms with Crippen LogP contribution in [0.25, 0.3) is 0 Å². The molecule has 2 amide bonds. The molecule has 1 heterocycles. The van der Waals surface area contributed by atoms with E-state index in [0.717, 1.165) is 31.5 Å². The number of carbonyl (C=O) groups excluding carboxylic acids is 1. The van der Waals surface area contributed by atoms with Crippen molar-refractivity contribution in [3.63, 3.8) is 0 Å². The van der Waals surface area contributed by atoms with Crippen molar-refractivity contribution in [1.29, 1.82) is 0 Å². The molecule has 1 aromatic carbocycles. The molecule has 0 bridgehead atoms. The quantitative estimate of drug-likeness (QED) is 0.891. The lowest BCUT2D eigenvalue weighted by Gasteiger charge is -2.32. The number of amides is 2. The monoisotopic (exact) mass is 276 g/mol. The Morgan fingerprint density at radius 1 is 1.35 bits per heavy atom. The van der Waals surface area contributed by atoms with E-state index in [2.05, 4.69) is 36.5 Å². The number of benzene rings is 1. The van der Waals surface area contributed by atoms with Gasteiger partial charge in [0.1, 0.15) is 0 Å². The summed E-state index contributed by atoms with van der Waals surface area (Å²) >= 11 is 0. The molecule has 1 unspecified atom stereocenters. The molecule has 1 saturated heterocycles. The molecule has 1 fully saturated rings. The first-order valence-electron chi connectivity index (χ1n) is 7.33. The summed E-state index contributed by atoms with van der Waals surface area (Å²) in [4.78, 5) is 14.0. The van der Waals surface area contributed by atoms with Gasteiger partial charge in [-0.3, -0.25) is 0 Å². The van der Waals surface area contributed by atoms with Crippen LogP contribution in [0, 0.1) is 12.8 Å². The van der Waals surface area contributed by atoms with Gasteiger partial charge in [-0.05, 0) is 38.2 Å². The number of aryl methyl sites for hydroxylation is 1. The smallest absolute Gasteiger partial charge is 0.317 e. The van der Waals surface area contributed by atoms with E-state index in [9.17, 15) is 4.79 Å². The molecular formula is C16H24N2O2. The van der Waals surface area contributed by atoms with Crippen molar-refractivity contribution in [3.8, 4) is 0 Å². The first-order valence-corrected chi connectivity index (χ1v) is 7.33. The third-order valence-electron chi connectivity index (χ3n) is 4.08. The topological polar surface area (TPSA) is 52.6 Å². The molecule has 0 aromatic heterocycles. The fraction of sp³-hybridized carbons (Fsp3) is 0.562. The molecule has 0 spiro atoms. The van der Waals surface area contributed by atoms with E-state index in [1.165, 1.54) is 5.56 Å². The maximum Gasteiger partial charge on any atom is 0.317 e. The van der Waals surface area contributed by atoms with Crippen LogP contribution in [-0.4, -0.2) is 35.7 Å². The van der Waals surface area contributed by atoms with E-state index in [-0.39, 0.29) is 18.7 Å². The van der Waals surface area contributed by atoms with Gasteiger partial charge in [0.05, 0.1) is 6.04 Å². The molecule has 0 radical (unpaired) electrons. The number of hydrogen-bond donors (Lipinski definition) is 2. The van der Waals surface area contributed by atoms with Gasteiger partial charge < -0.3 is 15.3 Å². The Bertz CT molecular complexity index is 436. The molecule has 2 N–H and O–H groups in total. The Morgan fingerprint density at radius 3 is 2.50 bits per heavy atom. The molecule has 0 aliphatic carbocycles. The van der Waals surface area contributed by atoms with Crippen LogP contribution in [0.2, 0.25) is 0 Å². The Hall–Kier alpha value is -1.55. The molecule has 0 saturated carbocycles. The van der Waals surface area contributed by atoms with Gasteiger partial charge in [-0.15, -0.1) is 0 Å². The van der Waals surface area contributed by atoms with Gasteiger partial charge in [-0.1, -0.05) is 29.8 Å². The Kier molecular flexibility index (Phi) is 5.01. The summed E-state index contributed by atoms with van der Waals surface area (Å²) in [6.45, 7) is 5.76. The summed E-state index contributed by atoms with van der Waals surface area (Å²) in [6, 6.07) is 8.24. The zero-order chi connectivity index (χ0) is 14.5. The summed E-state index contributed by atoms with van der Waals surface area (Å²) in [5.74, 6) is 0.355. The number of nitrogens with one attached hydrogen (secondary N) is 1. The summed E-state index contributed by atoms with van der Waals surface area (Å²) < 4.78 is 0. The Labute approximate surface area is 120 Å². The van der Waals surface area contributed by atoms with Gasteiger partial charge in [-0.2, -0.15) is 0 Å².